The van der Waals surface area contributed by atoms with Crippen molar-refractivity contribution in [3.63, 3.8) is 0 Å². The quantitative estimate of drug-likeness (QED) is 0.394. The van der Waals surface area contributed by atoms with Gasteiger partial charge >= 0.3 is 0 Å². The number of allylic oxidation sites excluding steroid dienone is 1. The molecule has 0 radical (unpaired) electrons. The van der Waals surface area contributed by atoms with E-state index in [0.717, 1.165) is 47.2 Å². The highest BCUT2D eigenvalue weighted by Crippen LogP contribution is 2.40. The summed E-state index contributed by atoms with van der Waals surface area (Å²) < 4.78 is 0. The average molecular weight is 542 g/mol. The summed E-state index contributed by atoms with van der Waals surface area (Å²) in [6.07, 6.45) is 6.12. The minimum atomic E-state index is -0.366. The Bertz CT molecular complexity index is 1350. The van der Waals surface area contributed by atoms with Crippen LogP contribution in [0.15, 0.2) is 60.3 Å². The SMILES string of the molecule is CCCCC1C(Cc2ccc(-c3ccccc3)c(-c3nn[nH]n3)c2)C(=O)N2C(C)=CCC(C(=O)N(CC)CC)N12. The Labute approximate surface area is 236 Å². The summed E-state index contributed by atoms with van der Waals surface area (Å²) in [5.41, 5.74) is 4.89. The van der Waals surface area contributed by atoms with E-state index in [2.05, 4.69) is 62.9 Å². The van der Waals surface area contributed by atoms with Gasteiger partial charge in [0.1, 0.15) is 6.04 Å². The summed E-state index contributed by atoms with van der Waals surface area (Å²) in [5, 5.41) is 18.8. The van der Waals surface area contributed by atoms with Crippen LogP contribution in [0.3, 0.4) is 0 Å². The molecule has 40 heavy (non-hydrogen) atoms. The zero-order chi connectivity index (χ0) is 28.2. The zero-order valence-corrected chi connectivity index (χ0v) is 23.9. The first-order valence-corrected chi connectivity index (χ1v) is 14.5. The van der Waals surface area contributed by atoms with Gasteiger partial charge in [0.25, 0.3) is 0 Å². The highest BCUT2D eigenvalue weighted by molar-refractivity contribution is 5.88. The van der Waals surface area contributed by atoms with Crippen molar-refractivity contribution < 1.29 is 9.59 Å². The number of aromatic nitrogens is 4. The molecule has 1 saturated heterocycles. The summed E-state index contributed by atoms with van der Waals surface area (Å²) >= 11 is 0. The molecule has 2 aliphatic heterocycles. The molecule has 2 aromatic carbocycles. The highest BCUT2D eigenvalue weighted by atomic mass is 16.2. The van der Waals surface area contributed by atoms with Crippen LogP contribution >= 0.6 is 0 Å². The molecule has 3 unspecified atom stereocenters. The van der Waals surface area contributed by atoms with Gasteiger partial charge in [0, 0.05) is 30.4 Å². The van der Waals surface area contributed by atoms with Crippen molar-refractivity contribution in [2.75, 3.05) is 13.1 Å². The van der Waals surface area contributed by atoms with Gasteiger partial charge in [-0.25, -0.2) is 5.01 Å². The summed E-state index contributed by atoms with van der Waals surface area (Å²) in [6, 6.07) is 16.0. The Morgan fingerprint density at radius 3 is 2.52 bits per heavy atom. The Balaban J connectivity index is 1.52. The number of nitrogens with zero attached hydrogens (tertiary/aromatic N) is 6. The predicted molar refractivity (Wildman–Crippen MR) is 154 cm³/mol. The first-order valence-electron chi connectivity index (χ1n) is 14.5. The van der Waals surface area contributed by atoms with Crippen LogP contribution in [0.2, 0.25) is 0 Å². The fourth-order valence-electron chi connectivity index (χ4n) is 6.20. The monoisotopic (exact) mass is 541 g/mol. The number of tetrazole rings is 1. The number of carbonyl (C=O) groups is 2. The summed E-state index contributed by atoms with van der Waals surface area (Å²) in [7, 11) is 0. The number of carbonyl (C=O) groups excluding carboxylic acids is 2. The van der Waals surface area contributed by atoms with Crippen LogP contribution in [0.4, 0.5) is 0 Å². The molecule has 3 aromatic rings. The number of hydrogen-bond acceptors (Lipinski definition) is 6. The van der Waals surface area contributed by atoms with Gasteiger partial charge in [0.15, 0.2) is 0 Å². The summed E-state index contributed by atoms with van der Waals surface area (Å²) in [6.45, 7) is 9.48. The molecule has 5 rings (SSSR count). The second-order valence-electron chi connectivity index (χ2n) is 10.6. The van der Waals surface area contributed by atoms with Gasteiger partial charge in [-0.3, -0.25) is 9.59 Å². The number of likely N-dealkylation sites (N-methyl/N-ethyl adjacent to an activating group) is 1. The lowest BCUT2D eigenvalue weighted by atomic mass is 9.87. The smallest absolute Gasteiger partial charge is 0.246 e. The summed E-state index contributed by atoms with van der Waals surface area (Å²) in [5.74, 6) is 0.423. The molecule has 210 valence electrons. The van der Waals surface area contributed by atoms with E-state index >= 15 is 0 Å². The van der Waals surface area contributed by atoms with E-state index in [1.165, 1.54) is 0 Å². The number of benzene rings is 2. The largest absolute Gasteiger partial charge is 0.342 e. The minimum Gasteiger partial charge on any atom is -0.342 e. The third kappa shape index (κ3) is 5.18. The molecule has 3 heterocycles. The van der Waals surface area contributed by atoms with Gasteiger partial charge in [-0.2, -0.15) is 10.2 Å². The van der Waals surface area contributed by atoms with Crippen molar-refractivity contribution in [1.29, 1.82) is 0 Å². The van der Waals surface area contributed by atoms with E-state index in [1.807, 2.05) is 49.9 Å². The van der Waals surface area contributed by atoms with Crippen LogP contribution in [0, 0.1) is 5.92 Å². The van der Waals surface area contributed by atoms with E-state index in [-0.39, 0.29) is 29.8 Å². The lowest BCUT2D eigenvalue weighted by molar-refractivity contribution is -0.151. The molecule has 0 saturated carbocycles. The molecule has 3 atom stereocenters. The fraction of sp³-hybridized carbons (Fsp3) is 0.452. The van der Waals surface area contributed by atoms with Crippen LogP contribution in [0.25, 0.3) is 22.5 Å². The molecule has 0 bridgehead atoms. The normalized spacial score (nSPS) is 20.9. The van der Waals surface area contributed by atoms with E-state index in [1.54, 1.807) is 5.01 Å². The molecule has 0 spiro atoms. The molecule has 1 aromatic heterocycles. The van der Waals surface area contributed by atoms with Gasteiger partial charge in [0.05, 0.1) is 5.92 Å². The number of hydrazine groups is 1. The number of unbranched alkanes of at least 4 members (excludes halogenated alkanes) is 1. The van der Waals surface area contributed by atoms with Gasteiger partial charge in [-0.1, -0.05) is 68.3 Å². The van der Waals surface area contributed by atoms with Gasteiger partial charge in [-0.05, 0) is 68.0 Å². The van der Waals surface area contributed by atoms with Gasteiger partial charge < -0.3 is 4.90 Å². The van der Waals surface area contributed by atoms with E-state index < -0.39 is 0 Å². The topological polar surface area (TPSA) is 98.3 Å². The first-order chi connectivity index (χ1) is 19.5. The number of rotatable bonds is 10. The number of amides is 2. The maximum Gasteiger partial charge on any atom is 0.246 e. The minimum absolute atomic E-state index is 0.0527. The van der Waals surface area contributed by atoms with E-state index in [4.69, 9.17) is 0 Å². The van der Waals surface area contributed by atoms with Crippen LogP contribution in [0.5, 0.6) is 0 Å². The van der Waals surface area contributed by atoms with Gasteiger partial charge in [-0.15, -0.1) is 10.2 Å². The standard InChI is InChI=1S/C31H39N7O2/c1-5-8-14-27-26(30(39)37-21(4)15-18-28(38(27)37)31(40)36(6-2)7-3)20-22-16-17-24(23-12-10-9-11-13-23)25(19-22)29-32-34-35-33-29/h9-13,15-17,19,26-28H,5-8,14,18,20H2,1-4H3,(H,32,33,34,35). The molecular weight excluding hydrogens is 502 g/mol. The third-order valence-corrected chi connectivity index (χ3v) is 8.28. The summed E-state index contributed by atoms with van der Waals surface area (Å²) in [4.78, 5) is 29.6. The molecule has 2 aliphatic rings. The number of H-pyrrole nitrogens is 1. The molecular formula is C31H39N7O2. The van der Waals surface area contributed by atoms with Crippen molar-refractivity contribution in [2.45, 2.75) is 71.9 Å². The number of hydrogen-bond donors (Lipinski definition) is 1. The van der Waals surface area contributed by atoms with Crippen molar-refractivity contribution in [2.24, 2.45) is 5.92 Å². The maximum absolute atomic E-state index is 14.1. The molecule has 9 nitrogen and oxygen atoms in total. The predicted octanol–water partition coefficient (Wildman–Crippen LogP) is 4.85. The van der Waals surface area contributed by atoms with Gasteiger partial charge in [0.2, 0.25) is 17.6 Å². The Morgan fingerprint density at radius 1 is 1.07 bits per heavy atom. The second-order valence-corrected chi connectivity index (χ2v) is 10.6. The maximum atomic E-state index is 14.1. The van der Waals surface area contributed by atoms with Crippen LogP contribution in [0.1, 0.15) is 58.9 Å². The Hall–Kier alpha value is -3.85. The first kappa shape index (κ1) is 27.7. The number of nitrogens with one attached hydrogen (secondary N) is 1. The van der Waals surface area contributed by atoms with Crippen molar-refractivity contribution in [3.05, 3.63) is 65.9 Å². The zero-order valence-electron chi connectivity index (χ0n) is 23.9. The van der Waals surface area contributed by atoms with Crippen molar-refractivity contribution in [3.8, 4) is 22.5 Å². The van der Waals surface area contributed by atoms with Crippen LogP contribution < -0.4 is 0 Å². The fourth-order valence-corrected chi connectivity index (χ4v) is 6.20. The van der Waals surface area contributed by atoms with E-state index in [0.29, 0.717) is 31.8 Å². The van der Waals surface area contributed by atoms with Crippen molar-refractivity contribution in [1.82, 2.24) is 35.5 Å². The lowest BCUT2D eigenvalue weighted by Gasteiger charge is -2.42. The molecule has 1 N–H and O–H groups in total. The highest BCUT2D eigenvalue weighted by Gasteiger charge is 2.52. The molecule has 0 aliphatic carbocycles. The Morgan fingerprint density at radius 2 is 1.85 bits per heavy atom. The molecule has 2 amide bonds. The number of aromatic amines is 1. The lowest BCUT2D eigenvalue weighted by Crippen LogP contribution is -2.57. The average Bonchev–Trinajstić information content (AvgIpc) is 3.61. The second kappa shape index (κ2) is 12.1. The van der Waals surface area contributed by atoms with Crippen LogP contribution in [-0.2, 0) is 16.0 Å². The van der Waals surface area contributed by atoms with Crippen molar-refractivity contribution >= 4 is 11.8 Å². The Kier molecular flexibility index (Phi) is 8.40. The molecule has 9 heteroatoms. The molecule has 1 fully saturated rings. The van der Waals surface area contributed by atoms with E-state index in [9.17, 15) is 9.59 Å². The number of fused-ring (bicyclic) bond motifs is 1. The van der Waals surface area contributed by atoms with Crippen LogP contribution in [-0.4, -0.2) is 72.5 Å². The third-order valence-electron chi connectivity index (χ3n) is 8.28.